The van der Waals surface area contributed by atoms with Gasteiger partial charge in [-0.05, 0) is 12.3 Å². The molecule has 5 N–H and O–H groups in total. The highest BCUT2D eigenvalue weighted by Gasteiger charge is 2.24. The van der Waals surface area contributed by atoms with Gasteiger partial charge >= 0.3 is 5.97 Å². The van der Waals surface area contributed by atoms with E-state index in [1.807, 2.05) is 0 Å². The van der Waals surface area contributed by atoms with E-state index in [9.17, 15) is 9.59 Å². The second-order valence-corrected chi connectivity index (χ2v) is 2.82. The smallest absolute Gasteiger partial charge is 0.320 e. The third kappa shape index (κ3) is 4.27. The normalized spacial score (nSPS) is 14.5. The molecule has 74 valence electrons. The van der Waals surface area contributed by atoms with Crippen molar-refractivity contribution in [2.24, 2.45) is 17.4 Å². The van der Waals surface area contributed by atoms with Gasteiger partial charge in [0.2, 0.25) is 5.91 Å². The van der Waals surface area contributed by atoms with Gasteiger partial charge in [0.1, 0.15) is 6.04 Å². The van der Waals surface area contributed by atoms with Crippen LogP contribution in [0.1, 0.15) is 12.8 Å². The van der Waals surface area contributed by atoms with Crippen molar-refractivity contribution < 1.29 is 14.7 Å². The number of primary amides is 1. The van der Waals surface area contributed by atoms with Crippen molar-refractivity contribution >= 4 is 11.9 Å². The number of carboxylic acids is 1. The van der Waals surface area contributed by atoms with Crippen molar-refractivity contribution in [2.45, 2.75) is 18.9 Å². The molecule has 0 aromatic rings. The Labute approximate surface area is 76.4 Å². The SMILES string of the molecule is C=CCC(CC(N)=O)C(N)C(=O)O. The number of amides is 1. The Morgan fingerprint density at radius 3 is 2.38 bits per heavy atom. The Hall–Kier alpha value is -1.36. The Morgan fingerprint density at radius 1 is 1.54 bits per heavy atom. The maximum atomic E-state index is 10.6. The molecule has 2 unspecified atom stereocenters. The van der Waals surface area contributed by atoms with Crippen LogP contribution in [0.4, 0.5) is 0 Å². The summed E-state index contributed by atoms with van der Waals surface area (Å²) in [6.45, 7) is 3.45. The van der Waals surface area contributed by atoms with Gasteiger partial charge in [0, 0.05) is 6.42 Å². The fourth-order valence-electron chi connectivity index (χ4n) is 1.03. The molecule has 0 rings (SSSR count). The first-order valence-electron chi connectivity index (χ1n) is 3.86. The van der Waals surface area contributed by atoms with Crippen molar-refractivity contribution in [3.63, 3.8) is 0 Å². The number of aliphatic carboxylic acids is 1. The highest BCUT2D eigenvalue weighted by Crippen LogP contribution is 2.12. The number of rotatable bonds is 6. The lowest BCUT2D eigenvalue weighted by molar-refractivity contribution is -0.140. The van der Waals surface area contributed by atoms with Gasteiger partial charge in [-0.25, -0.2) is 0 Å². The van der Waals surface area contributed by atoms with E-state index in [0.717, 1.165) is 0 Å². The molecular weight excluding hydrogens is 172 g/mol. The van der Waals surface area contributed by atoms with E-state index in [4.69, 9.17) is 16.6 Å². The zero-order valence-corrected chi connectivity index (χ0v) is 7.27. The van der Waals surface area contributed by atoms with Gasteiger partial charge in [0.05, 0.1) is 0 Å². The van der Waals surface area contributed by atoms with Gasteiger partial charge < -0.3 is 16.6 Å². The van der Waals surface area contributed by atoms with Gasteiger partial charge in [-0.1, -0.05) is 6.08 Å². The number of carbonyl (C=O) groups excluding carboxylic acids is 1. The average Bonchev–Trinajstić information content (AvgIpc) is 2.01. The lowest BCUT2D eigenvalue weighted by Gasteiger charge is -2.17. The van der Waals surface area contributed by atoms with E-state index in [-0.39, 0.29) is 6.42 Å². The molecule has 0 heterocycles. The largest absolute Gasteiger partial charge is 0.480 e. The first kappa shape index (κ1) is 11.6. The molecule has 13 heavy (non-hydrogen) atoms. The van der Waals surface area contributed by atoms with Crippen LogP contribution in [0, 0.1) is 5.92 Å². The standard InChI is InChI=1S/C8H14N2O3/c1-2-3-5(4-6(9)11)7(10)8(12)13/h2,5,7H,1,3-4,10H2,(H2,9,11)(H,12,13). The van der Waals surface area contributed by atoms with Crippen molar-refractivity contribution in [3.05, 3.63) is 12.7 Å². The zero-order valence-electron chi connectivity index (χ0n) is 7.27. The molecule has 0 saturated heterocycles. The third-order valence-corrected chi connectivity index (χ3v) is 1.73. The summed E-state index contributed by atoms with van der Waals surface area (Å²) >= 11 is 0. The molecule has 2 atom stereocenters. The topological polar surface area (TPSA) is 106 Å². The zero-order chi connectivity index (χ0) is 10.4. The summed E-state index contributed by atoms with van der Waals surface area (Å²) in [5, 5.41) is 8.58. The number of hydrogen-bond donors (Lipinski definition) is 3. The van der Waals surface area contributed by atoms with E-state index in [0.29, 0.717) is 6.42 Å². The minimum Gasteiger partial charge on any atom is -0.480 e. The van der Waals surface area contributed by atoms with E-state index in [1.54, 1.807) is 0 Å². The maximum absolute atomic E-state index is 10.6. The Bertz CT molecular complexity index is 215. The van der Waals surface area contributed by atoms with Crippen molar-refractivity contribution in [2.75, 3.05) is 0 Å². The third-order valence-electron chi connectivity index (χ3n) is 1.73. The van der Waals surface area contributed by atoms with Crippen molar-refractivity contribution in [3.8, 4) is 0 Å². The summed E-state index contributed by atoms with van der Waals surface area (Å²) in [7, 11) is 0. The molecule has 1 amide bonds. The fraction of sp³-hybridized carbons (Fsp3) is 0.500. The second-order valence-electron chi connectivity index (χ2n) is 2.82. The Kier molecular flexibility index (Phi) is 4.76. The second kappa shape index (κ2) is 5.31. The van der Waals surface area contributed by atoms with E-state index in [1.165, 1.54) is 6.08 Å². The van der Waals surface area contributed by atoms with Crippen LogP contribution < -0.4 is 11.5 Å². The molecule has 0 saturated carbocycles. The summed E-state index contributed by atoms with van der Waals surface area (Å²) < 4.78 is 0. The molecular formula is C8H14N2O3. The lowest BCUT2D eigenvalue weighted by Crippen LogP contribution is -2.39. The van der Waals surface area contributed by atoms with Crippen LogP contribution in [0.5, 0.6) is 0 Å². The summed E-state index contributed by atoms with van der Waals surface area (Å²) in [6.07, 6.45) is 1.87. The minimum absolute atomic E-state index is 0.0283. The van der Waals surface area contributed by atoms with Crippen LogP contribution in [-0.4, -0.2) is 23.0 Å². The molecule has 0 fully saturated rings. The number of hydrogen-bond acceptors (Lipinski definition) is 3. The number of carboxylic acid groups (broad SMARTS) is 1. The van der Waals surface area contributed by atoms with Crippen LogP contribution in [0.3, 0.4) is 0 Å². The monoisotopic (exact) mass is 186 g/mol. The Morgan fingerprint density at radius 2 is 2.08 bits per heavy atom. The lowest BCUT2D eigenvalue weighted by atomic mass is 9.93. The minimum atomic E-state index is -1.13. The molecule has 5 nitrogen and oxygen atoms in total. The van der Waals surface area contributed by atoms with Crippen LogP contribution in [-0.2, 0) is 9.59 Å². The van der Waals surface area contributed by atoms with Crippen molar-refractivity contribution in [1.82, 2.24) is 0 Å². The van der Waals surface area contributed by atoms with E-state index < -0.39 is 23.8 Å². The summed E-state index contributed by atoms with van der Waals surface area (Å²) in [4.78, 5) is 21.0. The quantitative estimate of drug-likeness (QED) is 0.484. The molecule has 0 aliphatic heterocycles. The van der Waals surface area contributed by atoms with Gasteiger partial charge in [-0.3, -0.25) is 9.59 Å². The molecule has 0 spiro atoms. The highest BCUT2D eigenvalue weighted by atomic mass is 16.4. The van der Waals surface area contributed by atoms with E-state index in [2.05, 4.69) is 6.58 Å². The van der Waals surface area contributed by atoms with Gasteiger partial charge in [-0.15, -0.1) is 6.58 Å². The van der Waals surface area contributed by atoms with Crippen LogP contribution >= 0.6 is 0 Å². The van der Waals surface area contributed by atoms with Crippen LogP contribution in [0.15, 0.2) is 12.7 Å². The maximum Gasteiger partial charge on any atom is 0.320 e. The molecule has 0 radical (unpaired) electrons. The van der Waals surface area contributed by atoms with Gasteiger partial charge in [0.15, 0.2) is 0 Å². The molecule has 0 aromatic carbocycles. The van der Waals surface area contributed by atoms with Crippen LogP contribution in [0.25, 0.3) is 0 Å². The summed E-state index contributed by atoms with van der Waals surface area (Å²) in [5.41, 5.74) is 10.3. The first-order chi connectivity index (χ1) is 5.99. The molecule has 0 bridgehead atoms. The Balaban J connectivity index is 4.30. The summed E-state index contributed by atoms with van der Waals surface area (Å²) in [5.74, 6) is -2.15. The number of carbonyl (C=O) groups is 2. The summed E-state index contributed by atoms with van der Waals surface area (Å²) in [6, 6.07) is -1.06. The number of allylic oxidation sites excluding steroid dienone is 1. The molecule has 0 aromatic heterocycles. The van der Waals surface area contributed by atoms with E-state index >= 15 is 0 Å². The number of nitrogens with two attached hydrogens (primary N) is 2. The van der Waals surface area contributed by atoms with Gasteiger partial charge in [0.25, 0.3) is 0 Å². The predicted molar refractivity (Wildman–Crippen MR) is 47.7 cm³/mol. The predicted octanol–water partition coefficient (Wildman–Crippen LogP) is -0.534. The molecule has 0 aliphatic carbocycles. The van der Waals surface area contributed by atoms with Crippen molar-refractivity contribution in [1.29, 1.82) is 0 Å². The van der Waals surface area contributed by atoms with Gasteiger partial charge in [-0.2, -0.15) is 0 Å². The molecule has 0 aliphatic rings. The van der Waals surface area contributed by atoms with Crippen LogP contribution in [0.2, 0.25) is 0 Å². The fourth-order valence-corrected chi connectivity index (χ4v) is 1.03. The highest BCUT2D eigenvalue weighted by molar-refractivity contribution is 5.77. The average molecular weight is 186 g/mol. The first-order valence-corrected chi connectivity index (χ1v) is 3.86. The molecule has 5 heteroatoms.